The average molecular weight is 281 g/mol. The van der Waals surface area contributed by atoms with Gasteiger partial charge in [-0.15, -0.1) is 11.6 Å². The standard InChI is InChI=1S/C11H8ClF3O3/c1-5(16)9(12)6-3-2-4-7(11(13,14)15)8(6)10(17)18/h2-4,9H,1H3,(H,17,18). The first-order chi connectivity index (χ1) is 8.16. The van der Waals surface area contributed by atoms with E-state index < -0.39 is 34.4 Å². The van der Waals surface area contributed by atoms with Crippen molar-refractivity contribution >= 4 is 23.4 Å². The third-order valence-electron chi connectivity index (χ3n) is 2.25. The molecule has 0 spiro atoms. The van der Waals surface area contributed by atoms with Crippen LogP contribution in [0, 0.1) is 0 Å². The molecule has 7 heteroatoms. The summed E-state index contributed by atoms with van der Waals surface area (Å²) >= 11 is 5.63. The summed E-state index contributed by atoms with van der Waals surface area (Å²) < 4.78 is 38.0. The van der Waals surface area contributed by atoms with Crippen molar-refractivity contribution in [3.05, 3.63) is 34.9 Å². The van der Waals surface area contributed by atoms with Gasteiger partial charge in [-0.25, -0.2) is 4.79 Å². The number of carbonyl (C=O) groups excluding carboxylic acids is 1. The maximum absolute atomic E-state index is 12.7. The number of carboxylic acids is 1. The molecule has 0 saturated heterocycles. The van der Waals surface area contributed by atoms with Crippen molar-refractivity contribution in [2.45, 2.75) is 18.5 Å². The highest BCUT2D eigenvalue weighted by atomic mass is 35.5. The summed E-state index contributed by atoms with van der Waals surface area (Å²) in [5.74, 6) is -2.40. The summed E-state index contributed by atoms with van der Waals surface area (Å²) in [4.78, 5) is 22.0. The van der Waals surface area contributed by atoms with E-state index in [1.165, 1.54) is 0 Å². The summed E-state index contributed by atoms with van der Waals surface area (Å²) in [6.07, 6.45) is -4.82. The highest BCUT2D eigenvalue weighted by molar-refractivity contribution is 6.31. The average Bonchev–Trinajstić information content (AvgIpc) is 2.25. The molecule has 1 atom stereocenters. The zero-order valence-electron chi connectivity index (χ0n) is 9.08. The van der Waals surface area contributed by atoms with Crippen molar-refractivity contribution in [3.8, 4) is 0 Å². The van der Waals surface area contributed by atoms with Gasteiger partial charge in [0, 0.05) is 0 Å². The smallest absolute Gasteiger partial charge is 0.417 e. The van der Waals surface area contributed by atoms with Crippen LogP contribution in [-0.4, -0.2) is 16.9 Å². The maximum atomic E-state index is 12.7. The molecule has 0 radical (unpaired) electrons. The number of carbonyl (C=O) groups is 2. The highest BCUT2D eigenvalue weighted by Crippen LogP contribution is 2.36. The Balaban J connectivity index is 3.55. The Hall–Kier alpha value is -1.56. The molecule has 0 aliphatic rings. The first-order valence-electron chi connectivity index (χ1n) is 4.74. The Morgan fingerprint density at radius 1 is 1.33 bits per heavy atom. The van der Waals surface area contributed by atoms with Crippen molar-refractivity contribution in [1.29, 1.82) is 0 Å². The largest absolute Gasteiger partial charge is 0.478 e. The quantitative estimate of drug-likeness (QED) is 0.865. The van der Waals surface area contributed by atoms with Crippen LogP contribution in [0.25, 0.3) is 0 Å². The number of aromatic carboxylic acids is 1. The van der Waals surface area contributed by atoms with Gasteiger partial charge in [-0.2, -0.15) is 13.2 Å². The van der Waals surface area contributed by atoms with Crippen LogP contribution in [0.4, 0.5) is 13.2 Å². The summed E-state index contributed by atoms with van der Waals surface area (Å²) in [7, 11) is 0. The third kappa shape index (κ3) is 2.81. The summed E-state index contributed by atoms with van der Waals surface area (Å²) in [6, 6.07) is 2.75. The number of alkyl halides is 4. The van der Waals surface area contributed by atoms with E-state index in [4.69, 9.17) is 16.7 Å². The maximum Gasteiger partial charge on any atom is 0.417 e. The minimum absolute atomic E-state index is 0.355. The van der Waals surface area contributed by atoms with E-state index >= 15 is 0 Å². The van der Waals surface area contributed by atoms with Crippen LogP contribution in [0.5, 0.6) is 0 Å². The van der Waals surface area contributed by atoms with E-state index in [0.29, 0.717) is 6.07 Å². The fourth-order valence-corrected chi connectivity index (χ4v) is 1.66. The van der Waals surface area contributed by atoms with E-state index in [-0.39, 0.29) is 5.56 Å². The number of ketones is 1. The molecule has 0 fully saturated rings. The highest BCUT2D eigenvalue weighted by Gasteiger charge is 2.37. The Bertz CT molecular complexity index is 497. The van der Waals surface area contributed by atoms with E-state index in [2.05, 4.69) is 0 Å². The van der Waals surface area contributed by atoms with Gasteiger partial charge in [0.1, 0.15) is 5.38 Å². The van der Waals surface area contributed by atoms with Gasteiger partial charge in [-0.05, 0) is 18.6 Å². The number of hydrogen-bond acceptors (Lipinski definition) is 2. The van der Waals surface area contributed by atoms with E-state index in [0.717, 1.165) is 19.1 Å². The first kappa shape index (κ1) is 14.5. The van der Waals surface area contributed by atoms with Gasteiger partial charge < -0.3 is 5.11 Å². The molecule has 0 aliphatic carbocycles. The van der Waals surface area contributed by atoms with Crippen molar-refractivity contribution < 1.29 is 27.9 Å². The second-order valence-corrected chi connectivity index (χ2v) is 3.98. The molecule has 18 heavy (non-hydrogen) atoms. The Morgan fingerprint density at radius 3 is 2.28 bits per heavy atom. The van der Waals surface area contributed by atoms with Crippen LogP contribution in [0.1, 0.15) is 33.8 Å². The predicted octanol–water partition coefficient (Wildman–Crippen LogP) is 3.27. The molecule has 0 amide bonds. The van der Waals surface area contributed by atoms with Gasteiger partial charge in [0.15, 0.2) is 5.78 Å². The van der Waals surface area contributed by atoms with Crippen LogP contribution in [0.3, 0.4) is 0 Å². The third-order valence-corrected chi connectivity index (χ3v) is 2.79. The molecule has 0 aromatic heterocycles. The second kappa shape index (κ2) is 4.97. The molecule has 0 saturated carbocycles. The van der Waals surface area contributed by atoms with Gasteiger partial charge in [0.2, 0.25) is 0 Å². The predicted molar refractivity (Wildman–Crippen MR) is 57.7 cm³/mol. The van der Waals surface area contributed by atoms with Crippen molar-refractivity contribution in [2.75, 3.05) is 0 Å². The molecular formula is C11H8ClF3O3. The Morgan fingerprint density at radius 2 is 1.89 bits per heavy atom. The molecule has 1 unspecified atom stereocenters. The number of benzene rings is 1. The molecule has 3 nitrogen and oxygen atoms in total. The SMILES string of the molecule is CC(=O)C(Cl)c1cccc(C(F)(F)F)c1C(=O)O. The summed E-state index contributed by atoms with van der Waals surface area (Å²) in [5.41, 5.74) is -2.66. The fourth-order valence-electron chi connectivity index (χ4n) is 1.48. The molecule has 98 valence electrons. The van der Waals surface area contributed by atoms with Crippen LogP contribution in [0.2, 0.25) is 0 Å². The van der Waals surface area contributed by atoms with Gasteiger partial charge in [0.05, 0.1) is 11.1 Å². The lowest BCUT2D eigenvalue weighted by Crippen LogP contribution is -2.17. The normalized spacial score (nSPS) is 13.2. The zero-order chi connectivity index (χ0) is 14.1. The lowest BCUT2D eigenvalue weighted by Gasteiger charge is -2.15. The second-order valence-electron chi connectivity index (χ2n) is 3.55. The minimum atomic E-state index is -4.82. The van der Waals surface area contributed by atoms with Crippen molar-refractivity contribution in [3.63, 3.8) is 0 Å². The zero-order valence-corrected chi connectivity index (χ0v) is 9.84. The van der Waals surface area contributed by atoms with Gasteiger partial charge in [-0.3, -0.25) is 4.79 Å². The summed E-state index contributed by atoms with van der Waals surface area (Å²) in [5, 5.41) is 7.45. The number of halogens is 4. The van der Waals surface area contributed by atoms with E-state index in [1.807, 2.05) is 0 Å². The van der Waals surface area contributed by atoms with Crippen molar-refractivity contribution in [2.24, 2.45) is 0 Å². The van der Waals surface area contributed by atoms with E-state index in [1.54, 1.807) is 0 Å². The number of Topliss-reactive ketones (excluding diaryl/α,β-unsaturated/α-hetero) is 1. The fraction of sp³-hybridized carbons (Fsp3) is 0.273. The number of rotatable bonds is 3. The topological polar surface area (TPSA) is 54.4 Å². The number of carboxylic acid groups (broad SMARTS) is 1. The molecule has 0 heterocycles. The van der Waals surface area contributed by atoms with Crippen LogP contribution < -0.4 is 0 Å². The molecule has 1 rings (SSSR count). The minimum Gasteiger partial charge on any atom is -0.478 e. The monoisotopic (exact) mass is 280 g/mol. The molecular weight excluding hydrogens is 273 g/mol. The Kier molecular flexibility index (Phi) is 4.01. The van der Waals surface area contributed by atoms with Crippen molar-refractivity contribution in [1.82, 2.24) is 0 Å². The van der Waals surface area contributed by atoms with Crippen LogP contribution in [0.15, 0.2) is 18.2 Å². The lowest BCUT2D eigenvalue weighted by atomic mass is 9.97. The first-order valence-corrected chi connectivity index (χ1v) is 5.17. The molecule has 1 N–H and O–H groups in total. The van der Waals surface area contributed by atoms with Gasteiger partial charge in [-0.1, -0.05) is 12.1 Å². The van der Waals surface area contributed by atoms with Gasteiger partial charge >= 0.3 is 12.1 Å². The number of hydrogen-bond donors (Lipinski definition) is 1. The van der Waals surface area contributed by atoms with Gasteiger partial charge in [0.25, 0.3) is 0 Å². The molecule has 0 bridgehead atoms. The summed E-state index contributed by atoms with van der Waals surface area (Å²) in [6.45, 7) is 1.07. The molecule has 0 aliphatic heterocycles. The Labute approximate surface area is 105 Å². The molecule has 1 aromatic rings. The van der Waals surface area contributed by atoms with Crippen LogP contribution >= 0.6 is 11.6 Å². The van der Waals surface area contributed by atoms with Crippen LogP contribution in [-0.2, 0) is 11.0 Å². The van der Waals surface area contributed by atoms with E-state index in [9.17, 15) is 22.8 Å². The lowest BCUT2D eigenvalue weighted by molar-refractivity contribution is -0.138. The molecule has 1 aromatic carbocycles.